The van der Waals surface area contributed by atoms with Crippen molar-refractivity contribution in [3.8, 4) is 0 Å². The van der Waals surface area contributed by atoms with Crippen molar-refractivity contribution in [2.24, 2.45) is 17.6 Å². The van der Waals surface area contributed by atoms with Crippen molar-refractivity contribution in [2.75, 3.05) is 33.2 Å². The molecule has 0 bridgehead atoms. The highest BCUT2D eigenvalue weighted by molar-refractivity contribution is 7.86. The second kappa shape index (κ2) is 5.42. The summed E-state index contributed by atoms with van der Waals surface area (Å²) >= 11 is 0. The van der Waals surface area contributed by atoms with Crippen LogP contribution in [0, 0.1) is 11.8 Å². The van der Waals surface area contributed by atoms with Crippen LogP contribution in [0.1, 0.15) is 19.3 Å². The Bertz CT molecular complexity index is 387. The SMILES string of the molecule is CN(CCCN)S(=O)(=O)N1CC2CCC(O)C2C1. The Kier molecular flexibility index (Phi) is 4.28. The van der Waals surface area contributed by atoms with Crippen LogP contribution in [0.3, 0.4) is 0 Å². The lowest BCUT2D eigenvalue weighted by molar-refractivity contribution is 0.129. The van der Waals surface area contributed by atoms with Gasteiger partial charge in [0.15, 0.2) is 0 Å². The molecule has 6 nitrogen and oxygen atoms in total. The molecule has 0 aromatic carbocycles. The van der Waals surface area contributed by atoms with E-state index in [-0.39, 0.29) is 12.0 Å². The van der Waals surface area contributed by atoms with Gasteiger partial charge in [-0.3, -0.25) is 0 Å². The van der Waals surface area contributed by atoms with Gasteiger partial charge < -0.3 is 10.8 Å². The molecular weight excluding hydrogens is 254 g/mol. The molecule has 1 aliphatic carbocycles. The van der Waals surface area contributed by atoms with E-state index in [2.05, 4.69) is 0 Å². The summed E-state index contributed by atoms with van der Waals surface area (Å²) in [5.74, 6) is 0.459. The Morgan fingerprint density at radius 3 is 2.72 bits per heavy atom. The van der Waals surface area contributed by atoms with Crippen LogP contribution in [0.4, 0.5) is 0 Å². The number of hydrogen-bond donors (Lipinski definition) is 2. The molecule has 18 heavy (non-hydrogen) atoms. The van der Waals surface area contributed by atoms with E-state index in [4.69, 9.17) is 5.73 Å². The topological polar surface area (TPSA) is 86.9 Å². The van der Waals surface area contributed by atoms with Crippen molar-refractivity contribution in [3.05, 3.63) is 0 Å². The molecule has 1 heterocycles. The van der Waals surface area contributed by atoms with Gasteiger partial charge >= 0.3 is 0 Å². The molecule has 0 amide bonds. The molecule has 106 valence electrons. The Labute approximate surface area is 109 Å². The Hall–Kier alpha value is -0.210. The zero-order chi connectivity index (χ0) is 13.3. The molecule has 1 saturated heterocycles. The number of aliphatic hydroxyl groups excluding tert-OH is 1. The summed E-state index contributed by atoms with van der Waals surface area (Å²) in [6.07, 6.45) is 2.08. The van der Waals surface area contributed by atoms with Gasteiger partial charge in [0.25, 0.3) is 10.2 Å². The summed E-state index contributed by atoms with van der Waals surface area (Å²) in [7, 11) is -1.78. The summed E-state index contributed by atoms with van der Waals surface area (Å²) < 4.78 is 27.5. The number of aliphatic hydroxyl groups is 1. The molecule has 0 aromatic heterocycles. The molecule has 1 saturated carbocycles. The Balaban J connectivity index is 2.00. The van der Waals surface area contributed by atoms with Gasteiger partial charge in [0.1, 0.15) is 0 Å². The fourth-order valence-electron chi connectivity index (χ4n) is 3.01. The second-order valence-corrected chi connectivity index (χ2v) is 7.39. The van der Waals surface area contributed by atoms with Crippen molar-refractivity contribution in [2.45, 2.75) is 25.4 Å². The predicted molar refractivity (Wildman–Crippen MR) is 69.0 cm³/mol. The third-order valence-corrected chi connectivity index (χ3v) is 6.10. The van der Waals surface area contributed by atoms with Crippen molar-refractivity contribution in [1.82, 2.24) is 8.61 Å². The molecule has 2 aliphatic rings. The van der Waals surface area contributed by atoms with Crippen LogP contribution in [-0.4, -0.2) is 61.5 Å². The van der Waals surface area contributed by atoms with Gasteiger partial charge in [-0.05, 0) is 31.7 Å². The third kappa shape index (κ3) is 2.55. The van der Waals surface area contributed by atoms with Crippen LogP contribution in [0.15, 0.2) is 0 Å². The highest BCUT2D eigenvalue weighted by Crippen LogP contribution is 2.39. The number of rotatable bonds is 5. The van der Waals surface area contributed by atoms with Crippen molar-refractivity contribution >= 4 is 10.2 Å². The fraction of sp³-hybridized carbons (Fsp3) is 1.00. The highest BCUT2D eigenvalue weighted by Gasteiger charge is 2.46. The second-order valence-electron chi connectivity index (χ2n) is 5.36. The quantitative estimate of drug-likeness (QED) is 0.690. The minimum Gasteiger partial charge on any atom is -0.393 e. The molecule has 0 radical (unpaired) electrons. The summed E-state index contributed by atoms with van der Waals surface area (Å²) in [5.41, 5.74) is 5.40. The van der Waals surface area contributed by atoms with Crippen LogP contribution >= 0.6 is 0 Å². The highest BCUT2D eigenvalue weighted by atomic mass is 32.2. The molecule has 3 N–H and O–H groups in total. The van der Waals surface area contributed by atoms with Gasteiger partial charge in [-0.1, -0.05) is 0 Å². The van der Waals surface area contributed by atoms with Crippen molar-refractivity contribution < 1.29 is 13.5 Å². The van der Waals surface area contributed by atoms with E-state index in [1.165, 1.54) is 8.61 Å². The van der Waals surface area contributed by atoms with Crippen molar-refractivity contribution in [3.63, 3.8) is 0 Å². The number of nitrogens with two attached hydrogens (primary N) is 1. The minimum absolute atomic E-state index is 0.127. The first-order valence-corrected chi connectivity index (χ1v) is 7.96. The molecule has 2 fully saturated rings. The summed E-state index contributed by atoms with van der Waals surface area (Å²) in [4.78, 5) is 0. The normalized spacial score (nSPS) is 33.2. The van der Waals surface area contributed by atoms with Crippen LogP contribution in [-0.2, 0) is 10.2 Å². The van der Waals surface area contributed by atoms with Gasteiger partial charge in [-0.15, -0.1) is 0 Å². The number of hydrogen-bond acceptors (Lipinski definition) is 4. The largest absolute Gasteiger partial charge is 0.393 e. The average Bonchev–Trinajstić information content (AvgIpc) is 2.89. The van der Waals surface area contributed by atoms with E-state index >= 15 is 0 Å². The zero-order valence-electron chi connectivity index (χ0n) is 10.8. The first-order chi connectivity index (χ1) is 8.46. The van der Waals surface area contributed by atoms with Gasteiger partial charge in [-0.25, -0.2) is 0 Å². The maximum atomic E-state index is 12.3. The lowest BCUT2D eigenvalue weighted by Crippen LogP contribution is -2.42. The lowest BCUT2D eigenvalue weighted by Gasteiger charge is -2.24. The summed E-state index contributed by atoms with van der Waals surface area (Å²) in [6, 6.07) is 0. The Morgan fingerprint density at radius 2 is 2.11 bits per heavy atom. The van der Waals surface area contributed by atoms with Gasteiger partial charge in [0.2, 0.25) is 0 Å². The smallest absolute Gasteiger partial charge is 0.281 e. The third-order valence-electron chi connectivity index (χ3n) is 4.18. The maximum Gasteiger partial charge on any atom is 0.281 e. The van der Waals surface area contributed by atoms with E-state index in [1.54, 1.807) is 7.05 Å². The zero-order valence-corrected chi connectivity index (χ0v) is 11.6. The average molecular weight is 277 g/mol. The van der Waals surface area contributed by atoms with E-state index in [0.717, 1.165) is 12.8 Å². The Morgan fingerprint density at radius 1 is 1.39 bits per heavy atom. The van der Waals surface area contributed by atoms with Crippen LogP contribution in [0.2, 0.25) is 0 Å². The number of fused-ring (bicyclic) bond motifs is 1. The molecule has 3 atom stereocenters. The fourth-order valence-corrected chi connectivity index (χ4v) is 4.51. The van der Waals surface area contributed by atoms with Crippen LogP contribution in [0.5, 0.6) is 0 Å². The van der Waals surface area contributed by atoms with Gasteiger partial charge in [0, 0.05) is 32.6 Å². The van der Waals surface area contributed by atoms with E-state index < -0.39 is 10.2 Å². The first kappa shape index (κ1) is 14.2. The predicted octanol–water partition coefficient (Wildman–Crippen LogP) is -0.785. The van der Waals surface area contributed by atoms with Gasteiger partial charge in [0.05, 0.1) is 6.10 Å². The van der Waals surface area contributed by atoms with E-state index in [0.29, 0.717) is 38.5 Å². The van der Waals surface area contributed by atoms with Gasteiger partial charge in [-0.2, -0.15) is 17.0 Å². The molecule has 2 rings (SSSR count). The molecule has 0 spiro atoms. The van der Waals surface area contributed by atoms with Crippen LogP contribution in [0.25, 0.3) is 0 Å². The maximum absolute atomic E-state index is 12.3. The molecular formula is C11H23N3O3S. The molecule has 3 unspecified atom stereocenters. The standard InChI is InChI=1S/C11H23N3O3S/c1-13(6-2-5-12)18(16,17)14-7-9-3-4-11(15)10(9)8-14/h9-11,15H,2-8,12H2,1H3. The monoisotopic (exact) mass is 277 g/mol. The molecule has 7 heteroatoms. The molecule has 1 aliphatic heterocycles. The first-order valence-electron chi connectivity index (χ1n) is 6.56. The summed E-state index contributed by atoms with van der Waals surface area (Å²) in [5, 5.41) is 9.81. The van der Waals surface area contributed by atoms with E-state index in [1.807, 2.05) is 0 Å². The minimum atomic E-state index is -3.38. The lowest BCUT2D eigenvalue weighted by atomic mass is 10.00. The number of nitrogens with zero attached hydrogens (tertiary/aromatic N) is 2. The van der Waals surface area contributed by atoms with E-state index in [9.17, 15) is 13.5 Å². The summed E-state index contributed by atoms with van der Waals surface area (Å²) in [6.45, 7) is 1.95. The van der Waals surface area contributed by atoms with Crippen LogP contribution < -0.4 is 5.73 Å². The molecule has 0 aromatic rings. The van der Waals surface area contributed by atoms with Crippen molar-refractivity contribution in [1.29, 1.82) is 0 Å².